The molecule has 14 heavy (non-hydrogen) atoms. The monoisotopic (exact) mass is 216 g/mol. The molecule has 1 aromatic carbocycles. The third kappa shape index (κ3) is 1.40. The standard InChI is InChI=1S/C10H11F2OP/c11-9-6-7-14(13,10(9)12)8-4-2-1-3-5-8/h1-5,9-10H,6-7H2. The second-order valence-electron chi connectivity index (χ2n) is 3.53. The highest BCUT2D eigenvalue weighted by Crippen LogP contribution is 2.58. The second kappa shape index (κ2) is 3.47. The van der Waals surface area contributed by atoms with Crippen LogP contribution in [0.5, 0.6) is 0 Å². The summed E-state index contributed by atoms with van der Waals surface area (Å²) in [5.74, 6) is -1.80. The Labute approximate surface area is 81.5 Å². The van der Waals surface area contributed by atoms with E-state index in [1.54, 1.807) is 30.3 Å². The first-order chi connectivity index (χ1) is 6.64. The van der Waals surface area contributed by atoms with Crippen molar-refractivity contribution in [2.75, 3.05) is 6.16 Å². The molecule has 1 aliphatic rings. The summed E-state index contributed by atoms with van der Waals surface area (Å²) >= 11 is 0. The van der Waals surface area contributed by atoms with E-state index in [0.717, 1.165) is 0 Å². The zero-order valence-corrected chi connectivity index (χ0v) is 8.46. The molecular formula is C10H11F2OP. The van der Waals surface area contributed by atoms with Gasteiger partial charge in [-0.15, -0.1) is 0 Å². The second-order valence-corrected chi connectivity index (χ2v) is 6.58. The van der Waals surface area contributed by atoms with Gasteiger partial charge >= 0.3 is 0 Å². The summed E-state index contributed by atoms with van der Waals surface area (Å²) in [5, 5.41) is 0.465. The summed E-state index contributed by atoms with van der Waals surface area (Å²) in [6, 6.07) is 8.41. The first-order valence-corrected chi connectivity index (χ1v) is 6.53. The first kappa shape index (κ1) is 9.85. The van der Waals surface area contributed by atoms with Gasteiger partial charge in [0.05, 0.1) is 0 Å². The first-order valence-electron chi connectivity index (χ1n) is 4.57. The quantitative estimate of drug-likeness (QED) is 0.659. The molecule has 1 fully saturated rings. The van der Waals surface area contributed by atoms with Crippen LogP contribution in [0.2, 0.25) is 0 Å². The Morgan fingerprint density at radius 3 is 2.36 bits per heavy atom. The van der Waals surface area contributed by atoms with E-state index < -0.39 is 19.2 Å². The highest BCUT2D eigenvalue weighted by molar-refractivity contribution is 7.72. The van der Waals surface area contributed by atoms with Crippen molar-refractivity contribution in [2.24, 2.45) is 0 Å². The smallest absolute Gasteiger partial charge is 0.187 e. The Morgan fingerprint density at radius 2 is 1.86 bits per heavy atom. The Hall–Kier alpha value is -0.690. The van der Waals surface area contributed by atoms with Gasteiger partial charge in [-0.1, -0.05) is 30.3 Å². The van der Waals surface area contributed by atoms with E-state index in [1.165, 1.54) is 0 Å². The number of alkyl halides is 2. The third-order valence-corrected chi connectivity index (χ3v) is 5.84. The third-order valence-electron chi connectivity index (χ3n) is 2.63. The van der Waals surface area contributed by atoms with Crippen molar-refractivity contribution in [3.05, 3.63) is 30.3 Å². The van der Waals surface area contributed by atoms with E-state index in [0.29, 0.717) is 5.30 Å². The van der Waals surface area contributed by atoms with Crippen LogP contribution in [-0.2, 0) is 4.57 Å². The van der Waals surface area contributed by atoms with Crippen molar-refractivity contribution in [3.8, 4) is 0 Å². The molecule has 4 heteroatoms. The van der Waals surface area contributed by atoms with E-state index in [4.69, 9.17) is 0 Å². The van der Waals surface area contributed by atoms with Gasteiger partial charge in [0.15, 0.2) is 13.1 Å². The molecular weight excluding hydrogens is 205 g/mol. The van der Waals surface area contributed by atoms with Gasteiger partial charge in [0.1, 0.15) is 6.17 Å². The minimum Gasteiger partial charge on any atom is -0.315 e. The molecule has 1 aromatic rings. The molecule has 1 nitrogen and oxygen atoms in total. The zero-order valence-electron chi connectivity index (χ0n) is 7.57. The number of halogens is 2. The molecule has 0 bridgehead atoms. The van der Waals surface area contributed by atoms with Crippen LogP contribution in [0.25, 0.3) is 0 Å². The van der Waals surface area contributed by atoms with Crippen LogP contribution in [-0.4, -0.2) is 18.2 Å². The number of hydrogen-bond donors (Lipinski definition) is 0. The van der Waals surface area contributed by atoms with Gasteiger partial charge < -0.3 is 4.57 Å². The number of benzene rings is 1. The Morgan fingerprint density at radius 1 is 1.21 bits per heavy atom. The van der Waals surface area contributed by atoms with Crippen molar-refractivity contribution in [3.63, 3.8) is 0 Å². The Kier molecular flexibility index (Phi) is 2.44. The van der Waals surface area contributed by atoms with Crippen LogP contribution < -0.4 is 5.30 Å². The summed E-state index contributed by atoms with van der Waals surface area (Å²) in [5.41, 5.74) is 0. The normalized spacial score (nSPS) is 37.3. The lowest BCUT2D eigenvalue weighted by molar-refractivity contribution is 0.237. The van der Waals surface area contributed by atoms with Gasteiger partial charge in [0.2, 0.25) is 0 Å². The molecule has 0 N–H and O–H groups in total. The lowest BCUT2D eigenvalue weighted by Gasteiger charge is -2.14. The highest BCUT2D eigenvalue weighted by Gasteiger charge is 2.46. The van der Waals surface area contributed by atoms with Crippen LogP contribution in [0.3, 0.4) is 0 Å². The summed E-state index contributed by atoms with van der Waals surface area (Å²) in [4.78, 5) is 0. The molecule has 0 aromatic heterocycles. The van der Waals surface area contributed by atoms with Gasteiger partial charge in [-0.3, -0.25) is 0 Å². The molecule has 0 aliphatic carbocycles. The van der Waals surface area contributed by atoms with Gasteiger partial charge in [0, 0.05) is 11.5 Å². The Balaban J connectivity index is 2.39. The molecule has 0 saturated carbocycles. The van der Waals surface area contributed by atoms with Crippen LogP contribution >= 0.6 is 7.14 Å². The number of hydrogen-bond acceptors (Lipinski definition) is 1. The highest BCUT2D eigenvalue weighted by atomic mass is 31.2. The van der Waals surface area contributed by atoms with Crippen LogP contribution in [0.15, 0.2) is 30.3 Å². The minimum absolute atomic E-state index is 0.0767. The molecule has 0 amide bonds. The van der Waals surface area contributed by atoms with E-state index in [1.807, 2.05) is 0 Å². The summed E-state index contributed by atoms with van der Waals surface area (Å²) in [7, 11) is -3.11. The van der Waals surface area contributed by atoms with Crippen molar-refractivity contribution in [2.45, 2.75) is 18.5 Å². The maximum atomic E-state index is 13.4. The van der Waals surface area contributed by atoms with Crippen molar-refractivity contribution in [1.82, 2.24) is 0 Å². The molecule has 2 rings (SSSR count). The summed E-state index contributed by atoms with van der Waals surface area (Å²) in [6.45, 7) is 0. The fourth-order valence-corrected chi connectivity index (χ4v) is 4.56. The zero-order chi connectivity index (χ0) is 10.2. The lowest BCUT2D eigenvalue weighted by atomic mass is 10.3. The van der Waals surface area contributed by atoms with Crippen LogP contribution in [0.4, 0.5) is 8.78 Å². The molecule has 1 aliphatic heterocycles. The average Bonchev–Trinajstić information content (AvgIpc) is 2.49. The molecule has 1 heterocycles. The molecule has 3 atom stereocenters. The lowest BCUT2D eigenvalue weighted by Crippen LogP contribution is -2.15. The van der Waals surface area contributed by atoms with Crippen LogP contribution in [0, 0.1) is 0 Å². The maximum Gasteiger partial charge on any atom is 0.187 e. The van der Waals surface area contributed by atoms with Crippen molar-refractivity contribution >= 4 is 12.4 Å². The average molecular weight is 216 g/mol. The van der Waals surface area contributed by atoms with Crippen molar-refractivity contribution < 1.29 is 13.3 Å². The van der Waals surface area contributed by atoms with Gasteiger partial charge in [-0.2, -0.15) is 0 Å². The van der Waals surface area contributed by atoms with E-state index in [2.05, 4.69) is 0 Å². The largest absolute Gasteiger partial charge is 0.315 e. The molecule has 0 spiro atoms. The van der Waals surface area contributed by atoms with Gasteiger partial charge in [-0.25, -0.2) is 8.78 Å². The van der Waals surface area contributed by atoms with Crippen molar-refractivity contribution in [1.29, 1.82) is 0 Å². The summed E-state index contributed by atoms with van der Waals surface area (Å²) in [6.07, 6.45) is -1.33. The molecule has 1 saturated heterocycles. The van der Waals surface area contributed by atoms with Crippen LogP contribution in [0.1, 0.15) is 6.42 Å². The van der Waals surface area contributed by atoms with E-state index in [9.17, 15) is 13.3 Å². The molecule has 76 valence electrons. The predicted molar refractivity (Wildman–Crippen MR) is 53.0 cm³/mol. The van der Waals surface area contributed by atoms with Gasteiger partial charge in [0.25, 0.3) is 0 Å². The van der Waals surface area contributed by atoms with E-state index >= 15 is 0 Å². The fraction of sp³-hybridized carbons (Fsp3) is 0.400. The van der Waals surface area contributed by atoms with Gasteiger partial charge in [-0.05, 0) is 6.42 Å². The molecule has 0 radical (unpaired) electrons. The SMILES string of the molecule is O=P1(c2ccccc2)CCC(F)C1F. The van der Waals surface area contributed by atoms with E-state index in [-0.39, 0.29) is 12.6 Å². The molecule has 3 unspecified atom stereocenters. The Bertz CT molecular complexity index is 366. The minimum atomic E-state index is -3.11. The number of rotatable bonds is 1. The topological polar surface area (TPSA) is 17.1 Å². The fourth-order valence-electron chi connectivity index (χ4n) is 1.79. The summed E-state index contributed by atoms with van der Waals surface area (Å²) < 4.78 is 38.5. The maximum absolute atomic E-state index is 13.4. The predicted octanol–water partition coefficient (Wildman–Crippen LogP) is 2.71.